The summed E-state index contributed by atoms with van der Waals surface area (Å²) in [5.74, 6) is -2.15. The van der Waals surface area contributed by atoms with Crippen molar-refractivity contribution in [3.63, 3.8) is 0 Å². The van der Waals surface area contributed by atoms with Crippen molar-refractivity contribution < 1.29 is 19.8 Å². The number of aliphatic carboxylic acids is 1. The van der Waals surface area contributed by atoms with Crippen LogP contribution in [0, 0.1) is 0 Å². The number of halogens is 1. The van der Waals surface area contributed by atoms with Crippen LogP contribution in [-0.2, 0) is 4.79 Å². The molecule has 2 aromatic carbocycles. The number of hydrogen-bond acceptors (Lipinski definition) is 2. The summed E-state index contributed by atoms with van der Waals surface area (Å²) < 4.78 is 0. The second kappa shape index (κ2) is 4.75. The molecule has 0 fully saturated rings. The normalized spacial score (nSPS) is 13.9. The van der Waals surface area contributed by atoms with Gasteiger partial charge >= 0.3 is 11.9 Å². The summed E-state index contributed by atoms with van der Waals surface area (Å²) in [4.78, 5) is 22.2. The van der Waals surface area contributed by atoms with Crippen LogP contribution in [0.3, 0.4) is 0 Å². The third kappa shape index (κ3) is 2.10. The number of benzene rings is 2. The van der Waals surface area contributed by atoms with E-state index in [-0.39, 0.29) is 5.56 Å². The lowest BCUT2D eigenvalue weighted by Gasteiger charge is -2.03. The number of rotatable bonds is 2. The number of carboxylic acid groups (broad SMARTS) is 2. The maximum atomic E-state index is 11.1. The van der Waals surface area contributed by atoms with E-state index in [0.29, 0.717) is 21.7 Å². The molecule has 0 heterocycles. The van der Waals surface area contributed by atoms with E-state index in [2.05, 4.69) is 0 Å². The highest BCUT2D eigenvalue weighted by Crippen LogP contribution is 2.47. The first-order valence-electron chi connectivity index (χ1n) is 6.10. The molecule has 0 spiro atoms. The molecule has 0 atom stereocenters. The quantitative estimate of drug-likeness (QED) is 0.710. The van der Waals surface area contributed by atoms with Crippen LogP contribution in [0.1, 0.15) is 21.5 Å². The van der Waals surface area contributed by atoms with Gasteiger partial charge in [-0.3, -0.25) is 0 Å². The van der Waals surface area contributed by atoms with E-state index >= 15 is 0 Å². The maximum Gasteiger partial charge on any atom is 0.335 e. The largest absolute Gasteiger partial charge is 0.478 e. The summed E-state index contributed by atoms with van der Waals surface area (Å²) in [6.07, 6.45) is 1.08. The first-order chi connectivity index (χ1) is 9.99. The molecule has 0 saturated carbocycles. The molecule has 2 N–H and O–H groups in total. The number of carboxylic acids is 2. The third-order valence-corrected chi connectivity index (χ3v) is 3.71. The van der Waals surface area contributed by atoms with Crippen LogP contribution < -0.4 is 0 Å². The molecule has 0 aromatic heterocycles. The van der Waals surface area contributed by atoms with Crippen LogP contribution in [0.2, 0.25) is 5.02 Å². The van der Waals surface area contributed by atoms with Gasteiger partial charge in [-0.25, -0.2) is 9.59 Å². The SMILES string of the molecule is O=C(O)/C=C1/c2cc(C(=O)O)ccc2-c2c(Cl)cccc21. The lowest BCUT2D eigenvalue weighted by molar-refractivity contribution is -0.131. The van der Waals surface area contributed by atoms with Gasteiger partial charge in [0.1, 0.15) is 0 Å². The summed E-state index contributed by atoms with van der Waals surface area (Å²) in [5, 5.41) is 18.6. The highest BCUT2D eigenvalue weighted by Gasteiger charge is 2.27. The van der Waals surface area contributed by atoms with E-state index in [1.54, 1.807) is 24.3 Å². The minimum Gasteiger partial charge on any atom is -0.478 e. The standard InChI is InChI=1S/C16H9ClO4/c17-13-3-1-2-9-12(7-14(18)19)11-6-8(16(20)21)4-5-10(11)15(9)13/h1-7H,(H,18,19)(H,20,21)/b12-7+. The fraction of sp³-hybridized carbons (Fsp3) is 0. The maximum absolute atomic E-state index is 11.1. The van der Waals surface area contributed by atoms with Crippen LogP contribution >= 0.6 is 11.6 Å². The van der Waals surface area contributed by atoms with Crippen molar-refractivity contribution in [3.8, 4) is 11.1 Å². The number of carbonyl (C=O) groups is 2. The van der Waals surface area contributed by atoms with Crippen molar-refractivity contribution in [1.82, 2.24) is 0 Å². The van der Waals surface area contributed by atoms with Gasteiger partial charge in [0, 0.05) is 16.7 Å². The highest BCUT2D eigenvalue weighted by molar-refractivity contribution is 6.34. The van der Waals surface area contributed by atoms with E-state index < -0.39 is 11.9 Å². The molecule has 21 heavy (non-hydrogen) atoms. The molecule has 4 nitrogen and oxygen atoms in total. The second-order valence-electron chi connectivity index (χ2n) is 4.62. The molecule has 1 aliphatic carbocycles. The average molecular weight is 301 g/mol. The van der Waals surface area contributed by atoms with Gasteiger partial charge in [-0.2, -0.15) is 0 Å². The van der Waals surface area contributed by atoms with Crippen LogP contribution in [0.25, 0.3) is 16.7 Å². The first kappa shape index (κ1) is 13.4. The van der Waals surface area contributed by atoms with Gasteiger partial charge in [-0.15, -0.1) is 0 Å². The minimum atomic E-state index is -1.09. The molecule has 0 unspecified atom stereocenters. The van der Waals surface area contributed by atoms with Gasteiger partial charge < -0.3 is 10.2 Å². The van der Waals surface area contributed by atoms with Crippen molar-refractivity contribution in [2.45, 2.75) is 0 Å². The van der Waals surface area contributed by atoms with Crippen molar-refractivity contribution in [1.29, 1.82) is 0 Å². The summed E-state index contributed by atoms with van der Waals surface area (Å²) in [6.45, 7) is 0. The molecule has 1 aliphatic rings. The van der Waals surface area contributed by atoms with Crippen LogP contribution in [0.5, 0.6) is 0 Å². The predicted octanol–water partition coefficient (Wildman–Crippen LogP) is 3.53. The molecule has 104 valence electrons. The van der Waals surface area contributed by atoms with E-state index in [1.165, 1.54) is 12.1 Å². The molecule has 5 heteroatoms. The second-order valence-corrected chi connectivity index (χ2v) is 5.03. The molecule has 0 saturated heterocycles. The molecular formula is C16H9ClO4. The van der Waals surface area contributed by atoms with Gasteiger partial charge in [0.25, 0.3) is 0 Å². The molecule has 3 rings (SSSR count). The van der Waals surface area contributed by atoms with Crippen LogP contribution in [0.4, 0.5) is 0 Å². The Hall–Kier alpha value is -2.59. The van der Waals surface area contributed by atoms with E-state index in [4.69, 9.17) is 21.8 Å². The van der Waals surface area contributed by atoms with Crippen molar-refractivity contribution >= 4 is 29.1 Å². The van der Waals surface area contributed by atoms with Crippen molar-refractivity contribution in [2.24, 2.45) is 0 Å². The Balaban J connectivity index is 2.35. The van der Waals surface area contributed by atoms with Crippen LogP contribution in [-0.4, -0.2) is 22.2 Å². The number of aromatic carboxylic acids is 1. The molecule has 0 aliphatic heterocycles. The fourth-order valence-corrected chi connectivity index (χ4v) is 2.84. The molecule has 0 bridgehead atoms. The van der Waals surface area contributed by atoms with E-state index in [9.17, 15) is 9.59 Å². The topological polar surface area (TPSA) is 74.6 Å². The lowest BCUT2D eigenvalue weighted by Crippen LogP contribution is -1.97. The Morgan fingerprint density at radius 2 is 1.76 bits per heavy atom. The first-order valence-corrected chi connectivity index (χ1v) is 6.48. The Labute approximate surface area is 124 Å². The van der Waals surface area contributed by atoms with Gasteiger partial charge in [0.15, 0.2) is 0 Å². The Morgan fingerprint density at radius 3 is 2.43 bits per heavy atom. The molecule has 0 amide bonds. The van der Waals surface area contributed by atoms with Gasteiger partial charge in [-0.05, 0) is 40.5 Å². The number of hydrogen-bond donors (Lipinski definition) is 2. The number of fused-ring (bicyclic) bond motifs is 3. The van der Waals surface area contributed by atoms with Crippen molar-refractivity contribution in [3.05, 3.63) is 64.2 Å². The average Bonchev–Trinajstić information content (AvgIpc) is 2.73. The van der Waals surface area contributed by atoms with E-state index in [1.807, 2.05) is 0 Å². The molecule has 2 aromatic rings. The van der Waals surface area contributed by atoms with Gasteiger partial charge in [-0.1, -0.05) is 29.8 Å². The molecular weight excluding hydrogens is 292 g/mol. The smallest absolute Gasteiger partial charge is 0.335 e. The van der Waals surface area contributed by atoms with Crippen molar-refractivity contribution in [2.75, 3.05) is 0 Å². The zero-order valence-electron chi connectivity index (χ0n) is 10.6. The predicted molar refractivity (Wildman–Crippen MR) is 78.6 cm³/mol. The zero-order valence-corrected chi connectivity index (χ0v) is 11.4. The monoisotopic (exact) mass is 300 g/mol. The fourth-order valence-electron chi connectivity index (χ4n) is 2.56. The third-order valence-electron chi connectivity index (χ3n) is 3.40. The summed E-state index contributed by atoms with van der Waals surface area (Å²) in [6, 6.07) is 9.85. The lowest BCUT2D eigenvalue weighted by atomic mass is 10.0. The summed E-state index contributed by atoms with van der Waals surface area (Å²) >= 11 is 6.21. The van der Waals surface area contributed by atoms with E-state index in [0.717, 1.165) is 17.2 Å². The Bertz CT molecular complexity index is 821. The summed E-state index contributed by atoms with van der Waals surface area (Å²) in [7, 11) is 0. The minimum absolute atomic E-state index is 0.106. The highest BCUT2D eigenvalue weighted by atomic mass is 35.5. The van der Waals surface area contributed by atoms with Gasteiger partial charge in [0.2, 0.25) is 0 Å². The van der Waals surface area contributed by atoms with Crippen LogP contribution in [0.15, 0.2) is 42.5 Å². The summed E-state index contributed by atoms with van der Waals surface area (Å²) in [5.41, 5.74) is 3.32. The zero-order chi connectivity index (χ0) is 15.1. The van der Waals surface area contributed by atoms with Gasteiger partial charge in [0.05, 0.1) is 5.56 Å². The Kier molecular flexibility index (Phi) is 3.03. The molecule has 0 radical (unpaired) electrons. The Morgan fingerprint density at radius 1 is 1.00 bits per heavy atom.